The Morgan fingerprint density at radius 3 is 2.56 bits per heavy atom. The van der Waals surface area contributed by atoms with Gasteiger partial charge in [-0.2, -0.15) is 0 Å². The third-order valence-electron chi connectivity index (χ3n) is 5.40. The maximum Gasteiger partial charge on any atom is 0.308 e. The molecule has 1 saturated carbocycles. The molecule has 1 N–H and O–H groups in total. The second-order valence-electron chi connectivity index (χ2n) is 6.40. The summed E-state index contributed by atoms with van der Waals surface area (Å²) in [6.45, 7) is 8.22. The van der Waals surface area contributed by atoms with Crippen molar-refractivity contribution in [2.45, 2.75) is 40.5 Å². The van der Waals surface area contributed by atoms with Gasteiger partial charge in [0.25, 0.3) is 0 Å². The van der Waals surface area contributed by atoms with Gasteiger partial charge in [0.2, 0.25) is 0 Å². The van der Waals surface area contributed by atoms with Gasteiger partial charge in [-0.3, -0.25) is 9.59 Å². The molecule has 1 fully saturated rings. The molecule has 18 heavy (non-hydrogen) atoms. The Morgan fingerprint density at radius 2 is 2.11 bits per heavy atom. The SMILES string of the molecule is CC1=C(C=O)[C@H]2[C@@H](C(C)C)CC[C@]1(C)[C@H]2C(=O)O. The Bertz CT molecular complexity index is 421. The molecule has 100 valence electrons. The second-order valence-corrected chi connectivity index (χ2v) is 6.40. The number of rotatable bonds is 3. The maximum absolute atomic E-state index is 11.7. The lowest BCUT2D eigenvalue weighted by atomic mass is 9.59. The highest BCUT2D eigenvalue weighted by molar-refractivity contribution is 5.84. The molecule has 2 bridgehead atoms. The zero-order chi connectivity index (χ0) is 13.7. The molecule has 2 rings (SSSR count). The van der Waals surface area contributed by atoms with Crippen molar-refractivity contribution < 1.29 is 14.7 Å². The van der Waals surface area contributed by atoms with Gasteiger partial charge in [-0.15, -0.1) is 0 Å². The maximum atomic E-state index is 11.7. The van der Waals surface area contributed by atoms with Crippen molar-refractivity contribution in [3.8, 4) is 0 Å². The highest BCUT2D eigenvalue weighted by atomic mass is 16.4. The Hall–Kier alpha value is -1.12. The summed E-state index contributed by atoms with van der Waals surface area (Å²) in [5.74, 6) is -0.513. The van der Waals surface area contributed by atoms with Crippen molar-refractivity contribution in [2.24, 2.45) is 29.1 Å². The molecule has 0 spiro atoms. The van der Waals surface area contributed by atoms with Crippen LogP contribution in [-0.2, 0) is 9.59 Å². The first-order chi connectivity index (χ1) is 8.34. The van der Waals surface area contributed by atoms with Gasteiger partial charge in [0.1, 0.15) is 6.29 Å². The van der Waals surface area contributed by atoms with E-state index in [9.17, 15) is 14.7 Å². The summed E-state index contributed by atoms with van der Waals surface area (Å²) in [7, 11) is 0. The molecule has 3 heteroatoms. The Balaban J connectivity index is 2.54. The highest BCUT2D eigenvalue weighted by Gasteiger charge is 2.58. The number of hydrogen-bond donors (Lipinski definition) is 1. The summed E-state index contributed by atoms with van der Waals surface area (Å²) < 4.78 is 0. The van der Waals surface area contributed by atoms with Crippen molar-refractivity contribution in [3.63, 3.8) is 0 Å². The number of carbonyl (C=O) groups excluding carboxylic acids is 1. The van der Waals surface area contributed by atoms with E-state index in [2.05, 4.69) is 13.8 Å². The van der Waals surface area contributed by atoms with Crippen LogP contribution in [0.1, 0.15) is 40.5 Å². The van der Waals surface area contributed by atoms with E-state index < -0.39 is 11.9 Å². The van der Waals surface area contributed by atoms with Gasteiger partial charge >= 0.3 is 5.97 Å². The van der Waals surface area contributed by atoms with Crippen LogP contribution in [-0.4, -0.2) is 17.4 Å². The normalized spacial score (nSPS) is 39.3. The van der Waals surface area contributed by atoms with E-state index in [1.165, 1.54) is 0 Å². The van der Waals surface area contributed by atoms with Gasteiger partial charge in [-0.05, 0) is 37.2 Å². The molecule has 3 nitrogen and oxygen atoms in total. The van der Waals surface area contributed by atoms with Gasteiger partial charge in [0, 0.05) is 11.3 Å². The molecule has 0 aliphatic heterocycles. The molecule has 0 unspecified atom stereocenters. The minimum atomic E-state index is -0.746. The third kappa shape index (κ3) is 1.56. The quantitative estimate of drug-likeness (QED) is 0.783. The van der Waals surface area contributed by atoms with Crippen LogP contribution in [0.5, 0.6) is 0 Å². The van der Waals surface area contributed by atoms with Crippen LogP contribution in [0.2, 0.25) is 0 Å². The lowest BCUT2D eigenvalue weighted by Gasteiger charge is -2.43. The monoisotopic (exact) mass is 250 g/mol. The van der Waals surface area contributed by atoms with E-state index in [-0.39, 0.29) is 11.3 Å². The highest BCUT2D eigenvalue weighted by Crippen LogP contribution is 2.60. The predicted octanol–water partition coefficient (Wildman–Crippen LogP) is 2.90. The Morgan fingerprint density at radius 1 is 1.50 bits per heavy atom. The molecule has 0 amide bonds. The fourth-order valence-corrected chi connectivity index (χ4v) is 4.20. The summed E-state index contributed by atoms with van der Waals surface area (Å²) in [6.07, 6.45) is 2.81. The summed E-state index contributed by atoms with van der Waals surface area (Å²) in [5.41, 5.74) is 1.46. The van der Waals surface area contributed by atoms with Gasteiger partial charge in [0.05, 0.1) is 5.92 Å². The van der Waals surface area contributed by atoms with Gasteiger partial charge < -0.3 is 5.11 Å². The molecule has 0 radical (unpaired) electrons. The van der Waals surface area contributed by atoms with Crippen LogP contribution in [0.4, 0.5) is 0 Å². The molecule has 0 aromatic heterocycles. The van der Waals surface area contributed by atoms with Crippen LogP contribution in [0.3, 0.4) is 0 Å². The van der Waals surface area contributed by atoms with E-state index in [0.717, 1.165) is 30.3 Å². The second kappa shape index (κ2) is 4.22. The van der Waals surface area contributed by atoms with Crippen LogP contribution < -0.4 is 0 Å². The lowest BCUT2D eigenvalue weighted by molar-refractivity contribution is -0.150. The topological polar surface area (TPSA) is 54.4 Å². The molecule has 2 aliphatic rings. The van der Waals surface area contributed by atoms with Crippen molar-refractivity contribution in [3.05, 3.63) is 11.1 Å². The number of hydrogen-bond acceptors (Lipinski definition) is 2. The molecule has 2 aliphatic carbocycles. The van der Waals surface area contributed by atoms with Crippen LogP contribution in [0, 0.1) is 29.1 Å². The first-order valence-electron chi connectivity index (χ1n) is 6.73. The van der Waals surface area contributed by atoms with Gasteiger partial charge in [-0.1, -0.05) is 26.3 Å². The van der Waals surface area contributed by atoms with E-state index in [4.69, 9.17) is 0 Å². The minimum absolute atomic E-state index is 0.0845. The molecular weight excluding hydrogens is 228 g/mol. The minimum Gasteiger partial charge on any atom is -0.481 e. The number of fused-ring (bicyclic) bond motifs is 2. The zero-order valence-electron chi connectivity index (χ0n) is 11.6. The van der Waals surface area contributed by atoms with Crippen molar-refractivity contribution in [1.82, 2.24) is 0 Å². The average molecular weight is 250 g/mol. The first kappa shape index (κ1) is 13.3. The third-order valence-corrected chi connectivity index (χ3v) is 5.40. The number of carboxylic acid groups (broad SMARTS) is 1. The number of carboxylic acids is 1. The Labute approximate surface area is 108 Å². The predicted molar refractivity (Wildman–Crippen MR) is 69.0 cm³/mol. The van der Waals surface area contributed by atoms with Crippen LogP contribution >= 0.6 is 0 Å². The summed E-state index contributed by atoms with van der Waals surface area (Å²) in [6, 6.07) is 0. The molecule has 4 atom stereocenters. The fraction of sp³-hybridized carbons (Fsp3) is 0.733. The van der Waals surface area contributed by atoms with E-state index >= 15 is 0 Å². The number of allylic oxidation sites excluding steroid dienone is 2. The molecule has 0 aromatic carbocycles. The number of aldehydes is 1. The molecular formula is C15H22O3. The summed E-state index contributed by atoms with van der Waals surface area (Å²) >= 11 is 0. The van der Waals surface area contributed by atoms with E-state index in [1.807, 2.05) is 13.8 Å². The van der Waals surface area contributed by atoms with Crippen LogP contribution in [0.15, 0.2) is 11.1 Å². The first-order valence-corrected chi connectivity index (χ1v) is 6.73. The molecule has 0 saturated heterocycles. The van der Waals surface area contributed by atoms with Crippen molar-refractivity contribution in [1.29, 1.82) is 0 Å². The zero-order valence-corrected chi connectivity index (χ0v) is 11.6. The van der Waals surface area contributed by atoms with Crippen molar-refractivity contribution >= 4 is 12.3 Å². The number of carbonyl (C=O) groups is 2. The number of aliphatic carboxylic acids is 1. The summed E-state index contributed by atoms with van der Waals surface area (Å²) in [4.78, 5) is 23.0. The van der Waals surface area contributed by atoms with E-state index in [1.54, 1.807) is 0 Å². The van der Waals surface area contributed by atoms with Crippen molar-refractivity contribution in [2.75, 3.05) is 0 Å². The lowest BCUT2D eigenvalue weighted by Crippen LogP contribution is -2.43. The largest absolute Gasteiger partial charge is 0.481 e. The average Bonchev–Trinajstić information content (AvgIpc) is 2.42. The molecule has 0 heterocycles. The van der Waals surface area contributed by atoms with E-state index in [0.29, 0.717) is 11.8 Å². The van der Waals surface area contributed by atoms with Crippen LogP contribution in [0.25, 0.3) is 0 Å². The summed E-state index contributed by atoms with van der Waals surface area (Å²) in [5, 5.41) is 9.57. The standard InChI is InChI=1S/C15H22O3/c1-8(2)10-5-6-15(4)9(3)11(7-16)12(10)13(15)14(17)18/h7-8,10,12-13H,5-6H2,1-4H3,(H,17,18)/t10-,12-,13-,15+/m1/s1. The Kier molecular flexibility index (Phi) is 3.12. The molecule has 0 aromatic rings. The fourth-order valence-electron chi connectivity index (χ4n) is 4.20. The smallest absolute Gasteiger partial charge is 0.308 e. The van der Waals surface area contributed by atoms with Gasteiger partial charge in [-0.25, -0.2) is 0 Å². The van der Waals surface area contributed by atoms with Gasteiger partial charge in [0.15, 0.2) is 0 Å².